The van der Waals surface area contributed by atoms with Crippen LogP contribution in [0.3, 0.4) is 0 Å². The number of aromatic nitrogens is 1. The zero-order valence-electron chi connectivity index (χ0n) is 7.87. The van der Waals surface area contributed by atoms with Gasteiger partial charge in [-0.3, -0.25) is 9.59 Å². The number of carbonyl (C=O) groups is 2. The Morgan fingerprint density at radius 3 is 2.87 bits per heavy atom. The van der Waals surface area contributed by atoms with Crippen molar-refractivity contribution in [1.29, 1.82) is 0 Å². The minimum Gasteiger partial charge on any atom is -0.370 e. The molecule has 6 heteroatoms. The first-order chi connectivity index (χ1) is 7.11. The van der Waals surface area contributed by atoms with Crippen molar-refractivity contribution >= 4 is 11.8 Å². The number of hydrogen-bond acceptors (Lipinski definition) is 3. The summed E-state index contributed by atoms with van der Waals surface area (Å²) < 4.78 is 13.0. The number of hydrogen-bond donors (Lipinski definition) is 2. The molecule has 1 aromatic rings. The van der Waals surface area contributed by atoms with Crippen molar-refractivity contribution in [2.24, 2.45) is 5.73 Å². The number of primary amides is 1. The molecule has 1 heterocycles. The zero-order chi connectivity index (χ0) is 11.3. The SMILES string of the molecule is NC(=O)CCNC(=O)c1cccnc1F. The Morgan fingerprint density at radius 2 is 2.27 bits per heavy atom. The fourth-order valence-electron chi connectivity index (χ4n) is 0.950. The Hall–Kier alpha value is -1.98. The van der Waals surface area contributed by atoms with Crippen molar-refractivity contribution in [2.75, 3.05) is 6.54 Å². The molecule has 1 rings (SSSR count). The number of carbonyl (C=O) groups excluding carboxylic acids is 2. The number of nitrogens with one attached hydrogen (secondary N) is 1. The summed E-state index contributed by atoms with van der Waals surface area (Å²) in [5, 5.41) is 2.35. The summed E-state index contributed by atoms with van der Waals surface area (Å²) in [6, 6.07) is 2.76. The summed E-state index contributed by atoms with van der Waals surface area (Å²) in [7, 11) is 0. The van der Waals surface area contributed by atoms with Crippen LogP contribution in [-0.2, 0) is 4.79 Å². The maximum atomic E-state index is 13.0. The van der Waals surface area contributed by atoms with Gasteiger partial charge in [0.1, 0.15) is 0 Å². The topological polar surface area (TPSA) is 85.1 Å². The van der Waals surface area contributed by atoms with E-state index in [4.69, 9.17) is 5.73 Å². The number of pyridine rings is 1. The second-order valence-electron chi connectivity index (χ2n) is 2.81. The largest absolute Gasteiger partial charge is 0.370 e. The molecule has 0 aliphatic rings. The second-order valence-corrected chi connectivity index (χ2v) is 2.81. The average Bonchev–Trinajstić information content (AvgIpc) is 2.17. The maximum absolute atomic E-state index is 13.0. The van der Waals surface area contributed by atoms with E-state index in [1.807, 2.05) is 0 Å². The fourth-order valence-corrected chi connectivity index (χ4v) is 0.950. The lowest BCUT2D eigenvalue weighted by molar-refractivity contribution is -0.117. The number of nitrogens with two attached hydrogens (primary N) is 1. The van der Waals surface area contributed by atoms with Crippen molar-refractivity contribution in [3.63, 3.8) is 0 Å². The highest BCUT2D eigenvalue weighted by atomic mass is 19.1. The Morgan fingerprint density at radius 1 is 1.53 bits per heavy atom. The highest BCUT2D eigenvalue weighted by Gasteiger charge is 2.11. The van der Waals surface area contributed by atoms with E-state index < -0.39 is 17.8 Å². The van der Waals surface area contributed by atoms with E-state index in [-0.39, 0.29) is 18.5 Å². The molecular weight excluding hydrogens is 201 g/mol. The van der Waals surface area contributed by atoms with Crippen LogP contribution >= 0.6 is 0 Å². The van der Waals surface area contributed by atoms with E-state index in [0.29, 0.717) is 0 Å². The summed E-state index contributed by atoms with van der Waals surface area (Å²) >= 11 is 0. The van der Waals surface area contributed by atoms with Crippen LogP contribution in [0.15, 0.2) is 18.3 Å². The van der Waals surface area contributed by atoms with Crippen LogP contribution in [0.25, 0.3) is 0 Å². The summed E-state index contributed by atoms with van der Waals surface area (Å²) in [6.07, 6.45) is 1.27. The quantitative estimate of drug-likeness (QED) is 0.678. The van der Waals surface area contributed by atoms with Gasteiger partial charge in [0.05, 0.1) is 5.56 Å². The first-order valence-corrected chi connectivity index (χ1v) is 4.28. The van der Waals surface area contributed by atoms with E-state index >= 15 is 0 Å². The van der Waals surface area contributed by atoms with Crippen LogP contribution in [0, 0.1) is 5.95 Å². The molecular formula is C9H10FN3O2. The lowest BCUT2D eigenvalue weighted by Crippen LogP contribution is -2.28. The molecule has 0 bridgehead atoms. The second kappa shape index (κ2) is 5.04. The molecule has 0 unspecified atom stereocenters. The third kappa shape index (κ3) is 3.34. The minimum absolute atomic E-state index is 0.0214. The van der Waals surface area contributed by atoms with Crippen LogP contribution < -0.4 is 11.1 Å². The highest BCUT2D eigenvalue weighted by molar-refractivity contribution is 5.94. The molecule has 0 aliphatic carbocycles. The Labute approximate surface area is 85.5 Å². The summed E-state index contributed by atoms with van der Waals surface area (Å²) in [6.45, 7) is 0.0858. The van der Waals surface area contributed by atoms with Gasteiger partial charge in [-0.25, -0.2) is 4.98 Å². The van der Waals surface area contributed by atoms with Gasteiger partial charge in [0.25, 0.3) is 5.91 Å². The third-order valence-corrected chi connectivity index (χ3v) is 1.66. The van der Waals surface area contributed by atoms with Gasteiger partial charge in [-0.1, -0.05) is 0 Å². The lowest BCUT2D eigenvalue weighted by atomic mass is 10.2. The van der Waals surface area contributed by atoms with E-state index in [9.17, 15) is 14.0 Å². The number of halogens is 1. The molecule has 0 saturated carbocycles. The molecule has 0 radical (unpaired) electrons. The van der Waals surface area contributed by atoms with Crippen molar-refractivity contribution in [2.45, 2.75) is 6.42 Å². The minimum atomic E-state index is -0.839. The maximum Gasteiger partial charge on any atom is 0.255 e. The summed E-state index contributed by atoms with van der Waals surface area (Å²) in [5.41, 5.74) is 4.72. The summed E-state index contributed by atoms with van der Waals surface area (Å²) in [4.78, 5) is 25.0. The van der Waals surface area contributed by atoms with Crippen LogP contribution in [0.4, 0.5) is 4.39 Å². The van der Waals surface area contributed by atoms with E-state index in [1.54, 1.807) is 0 Å². The van der Waals surface area contributed by atoms with Gasteiger partial charge in [0, 0.05) is 19.2 Å². The Bertz CT molecular complexity index is 381. The molecule has 15 heavy (non-hydrogen) atoms. The first-order valence-electron chi connectivity index (χ1n) is 4.28. The standard InChI is InChI=1S/C9H10FN3O2/c10-8-6(2-1-4-12-8)9(15)13-5-3-7(11)14/h1-2,4H,3,5H2,(H2,11,14)(H,13,15). The molecule has 0 saturated heterocycles. The normalized spacial score (nSPS) is 9.67. The Balaban J connectivity index is 2.54. The zero-order valence-corrected chi connectivity index (χ0v) is 7.87. The summed E-state index contributed by atoms with van der Waals surface area (Å²) in [5.74, 6) is -1.97. The molecule has 0 aromatic carbocycles. The predicted octanol–water partition coefficient (Wildman–Crippen LogP) is -0.174. The van der Waals surface area contributed by atoms with Crippen LogP contribution in [0.1, 0.15) is 16.8 Å². The number of amides is 2. The predicted molar refractivity (Wildman–Crippen MR) is 50.3 cm³/mol. The lowest BCUT2D eigenvalue weighted by Gasteiger charge is -2.03. The molecule has 3 N–H and O–H groups in total. The molecule has 5 nitrogen and oxygen atoms in total. The van der Waals surface area contributed by atoms with E-state index in [1.165, 1.54) is 18.3 Å². The van der Waals surface area contributed by atoms with Gasteiger partial charge in [0.15, 0.2) is 0 Å². The van der Waals surface area contributed by atoms with Gasteiger partial charge < -0.3 is 11.1 Å². The van der Waals surface area contributed by atoms with Crippen molar-refractivity contribution in [3.8, 4) is 0 Å². The van der Waals surface area contributed by atoms with Gasteiger partial charge in [-0.05, 0) is 12.1 Å². The van der Waals surface area contributed by atoms with Crippen LogP contribution in [0.5, 0.6) is 0 Å². The third-order valence-electron chi connectivity index (χ3n) is 1.66. The molecule has 80 valence electrons. The molecule has 0 atom stereocenters. The Kier molecular flexibility index (Phi) is 3.73. The van der Waals surface area contributed by atoms with Gasteiger partial charge in [-0.2, -0.15) is 4.39 Å². The van der Waals surface area contributed by atoms with Gasteiger partial charge in [-0.15, -0.1) is 0 Å². The molecule has 0 aliphatic heterocycles. The van der Waals surface area contributed by atoms with Crippen molar-refractivity contribution < 1.29 is 14.0 Å². The highest BCUT2D eigenvalue weighted by Crippen LogP contribution is 2.02. The first kappa shape index (κ1) is 11.1. The fraction of sp³-hybridized carbons (Fsp3) is 0.222. The van der Waals surface area contributed by atoms with Gasteiger partial charge in [0.2, 0.25) is 11.9 Å². The van der Waals surface area contributed by atoms with Gasteiger partial charge >= 0.3 is 0 Å². The number of nitrogens with zero attached hydrogens (tertiary/aromatic N) is 1. The molecule has 0 spiro atoms. The van der Waals surface area contributed by atoms with E-state index in [0.717, 1.165) is 0 Å². The molecule has 1 aromatic heterocycles. The monoisotopic (exact) mass is 211 g/mol. The van der Waals surface area contributed by atoms with Crippen molar-refractivity contribution in [3.05, 3.63) is 29.8 Å². The van der Waals surface area contributed by atoms with Crippen LogP contribution in [0.2, 0.25) is 0 Å². The average molecular weight is 211 g/mol. The molecule has 0 fully saturated rings. The van der Waals surface area contributed by atoms with E-state index in [2.05, 4.69) is 10.3 Å². The number of rotatable bonds is 4. The van der Waals surface area contributed by atoms with Crippen molar-refractivity contribution in [1.82, 2.24) is 10.3 Å². The molecule has 2 amide bonds. The smallest absolute Gasteiger partial charge is 0.255 e. The van der Waals surface area contributed by atoms with Crippen LogP contribution in [-0.4, -0.2) is 23.3 Å².